The molecule has 0 atom stereocenters. The van der Waals surface area contributed by atoms with Gasteiger partial charge in [0, 0.05) is 14.9 Å². The van der Waals surface area contributed by atoms with Gasteiger partial charge in [0.25, 0.3) is 0 Å². The Bertz CT molecular complexity index is 845. The normalized spacial score (nSPS) is 11.3. The Morgan fingerprint density at radius 2 is 1.81 bits per heavy atom. The van der Waals surface area contributed by atoms with Crippen LogP contribution in [-0.4, -0.2) is 10.1 Å². The zero-order valence-corrected chi connectivity index (χ0v) is 13.3. The lowest BCUT2D eigenvalue weighted by molar-refractivity contribution is 0.475. The second kappa shape index (κ2) is 5.88. The largest absolute Gasteiger partial charge is 0.508 e. The van der Waals surface area contributed by atoms with Crippen LogP contribution in [0.25, 0.3) is 23.1 Å². The highest BCUT2D eigenvalue weighted by atomic mass is 79.9. The molecule has 0 spiro atoms. The van der Waals surface area contributed by atoms with Gasteiger partial charge in [0.15, 0.2) is 0 Å². The van der Waals surface area contributed by atoms with Gasteiger partial charge in [-0.2, -0.15) is 0 Å². The van der Waals surface area contributed by atoms with Crippen molar-refractivity contribution in [3.63, 3.8) is 0 Å². The molecule has 104 valence electrons. The number of hydrogen-bond acceptors (Lipinski definition) is 2. The highest BCUT2D eigenvalue weighted by Gasteiger charge is 2.00. The molecular formula is C17H11BrClNO. The summed E-state index contributed by atoms with van der Waals surface area (Å²) < 4.78 is 1.000. The van der Waals surface area contributed by atoms with Gasteiger partial charge in [-0.25, -0.2) is 4.98 Å². The molecule has 1 N–H and O–H groups in total. The maximum atomic E-state index is 9.49. The number of hydrogen-bond donors (Lipinski definition) is 1. The fraction of sp³-hybridized carbons (Fsp3) is 0. The molecule has 0 saturated carbocycles. The third kappa shape index (κ3) is 3.26. The van der Waals surface area contributed by atoms with E-state index in [1.54, 1.807) is 18.2 Å². The van der Waals surface area contributed by atoms with Crippen molar-refractivity contribution in [3.05, 3.63) is 69.3 Å². The maximum absolute atomic E-state index is 9.49. The number of aromatic nitrogens is 1. The molecule has 0 amide bonds. The second-order valence-corrected chi connectivity index (χ2v) is 5.94. The van der Waals surface area contributed by atoms with Gasteiger partial charge in [0.05, 0.1) is 11.2 Å². The summed E-state index contributed by atoms with van der Waals surface area (Å²) in [4.78, 5) is 4.58. The van der Waals surface area contributed by atoms with Gasteiger partial charge in [-0.05, 0) is 48.0 Å². The Kier molecular flexibility index (Phi) is 3.95. The molecule has 1 aromatic heterocycles. The Morgan fingerprint density at radius 1 is 1.00 bits per heavy atom. The van der Waals surface area contributed by atoms with Crippen molar-refractivity contribution in [3.8, 4) is 5.75 Å². The first-order chi connectivity index (χ1) is 10.1. The smallest absolute Gasteiger partial charge is 0.116 e. The van der Waals surface area contributed by atoms with Crippen LogP contribution in [0.2, 0.25) is 5.02 Å². The third-order valence-electron chi connectivity index (χ3n) is 3.09. The van der Waals surface area contributed by atoms with Crippen molar-refractivity contribution in [2.24, 2.45) is 0 Å². The van der Waals surface area contributed by atoms with Gasteiger partial charge >= 0.3 is 0 Å². The predicted octanol–water partition coefficient (Wildman–Crippen LogP) is 5.53. The highest BCUT2D eigenvalue weighted by molar-refractivity contribution is 9.10. The van der Waals surface area contributed by atoms with E-state index in [4.69, 9.17) is 11.6 Å². The van der Waals surface area contributed by atoms with Crippen LogP contribution in [0.3, 0.4) is 0 Å². The molecule has 21 heavy (non-hydrogen) atoms. The molecule has 0 saturated heterocycles. The fourth-order valence-electron chi connectivity index (χ4n) is 2.03. The van der Waals surface area contributed by atoms with Crippen LogP contribution in [-0.2, 0) is 0 Å². The van der Waals surface area contributed by atoms with E-state index in [0.29, 0.717) is 5.02 Å². The first kappa shape index (κ1) is 14.1. The summed E-state index contributed by atoms with van der Waals surface area (Å²) in [5, 5.41) is 11.2. The van der Waals surface area contributed by atoms with Crippen molar-refractivity contribution in [2.75, 3.05) is 0 Å². The minimum absolute atomic E-state index is 0.189. The molecule has 3 rings (SSSR count). The molecule has 2 nitrogen and oxygen atoms in total. The summed E-state index contributed by atoms with van der Waals surface area (Å²) in [5.41, 5.74) is 2.52. The number of pyridine rings is 1. The number of aromatic hydroxyl groups is 1. The molecule has 0 fully saturated rings. The van der Waals surface area contributed by atoms with Crippen LogP contribution in [0.15, 0.2) is 53.0 Å². The fourth-order valence-corrected chi connectivity index (χ4v) is 2.56. The SMILES string of the molecule is Oc1ccc(Cl)c(C=Cc2ccc3ccc(Br)cc3n2)c1. The molecule has 2 aromatic carbocycles. The van der Waals surface area contributed by atoms with E-state index in [0.717, 1.165) is 26.6 Å². The minimum atomic E-state index is 0.189. The molecular weight excluding hydrogens is 350 g/mol. The Balaban J connectivity index is 1.97. The van der Waals surface area contributed by atoms with Crippen LogP contribution < -0.4 is 0 Å². The summed E-state index contributed by atoms with van der Waals surface area (Å²) in [6, 6.07) is 14.8. The van der Waals surface area contributed by atoms with Crippen molar-refractivity contribution >= 4 is 50.6 Å². The number of phenolic OH excluding ortho intramolecular Hbond substituents is 1. The van der Waals surface area contributed by atoms with Gasteiger partial charge in [0.2, 0.25) is 0 Å². The lowest BCUT2D eigenvalue weighted by Crippen LogP contribution is -1.83. The maximum Gasteiger partial charge on any atom is 0.116 e. The van der Waals surface area contributed by atoms with Crippen LogP contribution in [0, 0.1) is 0 Å². The monoisotopic (exact) mass is 359 g/mol. The van der Waals surface area contributed by atoms with Crippen LogP contribution >= 0.6 is 27.5 Å². The summed E-state index contributed by atoms with van der Waals surface area (Å²) in [6.07, 6.45) is 3.72. The third-order valence-corrected chi connectivity index (χ3v) is 3.93. The predicted molar refractivity (Wildman–Crippen MR) is 91.5 cm³/mol. The Morgan fingerprint density at radius 3 is 2.67 bits per heavy atom. The molecule has 0 unspecified atom stereocenters. The molecule has 1 heterocycles. The van der Waals surface area contributed by atoms with Crippen LogP contribution in [0.5, 0.6) is 5.75 Å². The molecule has 0 aliphatic carbocycles. The van der Waals surface area contributed by atoms with E-state index in [1.807, 2.05) is 42.5 Å². The van der Waals surface area contributed by atoms with E-state index in [9.17, 15) is 5.11 Å². The number of halogens is 2. The topological polar surface area (TPSA) is 33.1 Å². The van der Waals surface area contributed by atoms with E-state index in [1.165, 1.54) is 0 Å². The lowest BCUT2D eigenvalue weighted by atomic mass is 10.1. The van der Waals surface area contributed by atoms with Gasteiger partial charge in [0.1, 0.15) is 5.75 Å². The molecule has 3 aromatic rings. The Hall–Kier alpha value is -1.84. The van der Waals surface area contributed by atoms with Gasteiger partial charge in [-0.15, -0.1) is 0 Å². The number of rotatable bonds is 2. The minimum Gasteiger partial charge on any atom is -0.508 e. The Labute approximate surface area is 135 Å². The van der Waals surface area contributed by atoms with E-state index in [-0.39, 0.29) is 5.75 Å². The van der Waals surface area contributed by atoms with Gasteiger partial charge in [-0.1, -0.05) is 45.7 Å². The molecule has 0 aliphatic rings. The second-order valence-electron chi connectivity index (χ2n) is 4.61. The average molecular weight is 361 g/mol. The number of fused-ring (bicyclic) bond motifs is 1. The first-order valence-corrected chi connectivity index (χ1v) is 7.52. The number of benzene rings is 2. The van der Waals surface area contributed by atoms with Crippen molar-refractivity contribution in [1.82, 2.24) is 4.98 Å². The zero-order valence-electron chi connectivity index (χ0n) is 10.9. The van der Waals surface area contributed by atoms with E-state index >= 15 is 0 Å². The van der Waals surface area contributed by atoms with Gasteiger partial charge in [-0.3, -0.25) is 0 Å². The van der Waals surface area contributed by atoms with Crippen molar-refractivity contribution in [2.45, 2.75) is 0 Å². The molecule has 4 heteroatoms. The first-order valence-electron chi connectivity index (χ1n) is 6.35. The van der Waals surface area contributed by atoms with E-state index in [2.05, 4.69) is 20.9 Å². The molecule has 0 radical (unpaired) electrons. The lowest BCUT2D eigenvalue weighted by Gasteiger charge is -2.01. The van der Waals surface area contributed by atoms with Crippen LogP contribution in [0.1, 0.15) is 11.3 Å². The number of phenols is 1. The number of nitrogens with zero attached hydrogens (tertiary/aromatic N) is 1. The van der Waals surface area contributed by atoms with Crippen LogP contribution in [0.4, 0.5) is 0 Å². The zero-order chi connectivity index (χ0) is 14.8. The van der Waals surface area contributed by atoms with Gasteiger partial charge < -0.3 is 5.11 Å². The van der Waals surface area contributed by atoms with Crippen molar-refractivity contribution in [1.29, 1.82) is 0 Å². The summed E-state index contributed by atoms with van der Waals surface area (Å²) in [5.74, 6) is 0.189. The quantitative estimate of drug-likeness (QED) is 0.652. The summed E-state index contributed by atoms with van der Waals surface area (Å²) >= 11 is 9.54. The highest BCUT2D eigenvalue weighted by Crippen LogP contribution is 2.24. The molecule has 0 aliphatic heterocycles. The molecule has 0 bridgehead atoms. The average Bonchev–Trinajstić information content (AvgIpc) is 2.47. The van der Waals surface area contributed by atoms with Crippen molar-refractivity contribution < 1.29 is 5.11 Å². The summed E-state index contributed by atoms with van der Waals surface area (Å²) in [6.45, 7) is 0. The van der Waals surface area contributed by atoms with E-state index < -0.39 is 0 Å². The standard InChI is InChI=1S/C17H11BrClNO/c18-13-4-1-11-2-5-14(20-17(11)10-13)6-3-12-9-15(21)7-8-16(12)19/h1-10,21H. The summed E-state index contributed by atoms with van der Waals surface area (Å²) in [7, 11) is 0.